The quantitative estimate of drug-likeness (QED) is 0.844. The van der Waals surface area contributed by atoms with E-state index in [1.54, 1.807) is 6.92 Å². The summed E-state index contributed by atoms with van der Waals surface area (Å²) in [5.74, 6) is -0.212. The SMILES string of the molecule is Cc1cc(OC(F)(F)F)cc(C2=C(CN3CCCC3C)SC(N)N2)c1. The Hall–Kier alpha value is -1.38. The number of hydrogen-bond acceptors (Lipinski definition) is 5. The summed E-state index contributed by atoms with van der Waals surface area (Å²) >= 11 is 1.52. The number of nitrogens with zero attached hydrogens (tertiary/aromatic N) is 1. The monoisotopic (exact) mass is 373 g/mol. The first-order valence-electron chi connectivity index (χ1n) is 8.25. The number of thioether (sulfide) groups is 1. The third kappa shape index (κ3) is 4.62. The number of ether oxygens (including phenoxy) is 1. The zero-order valence-corrected chi connectivity index (χ0v) is 15.0. The van der Waals surface area contributed by atoms with Crippen molar-refractivity contribution in [1.82, 2.24) is 10.2 Å². The maximum absolute atomic E-state index is 12.6. The van der Waals surface area contributed by atoms with Crippen molar-refractivity contribution < 1.29 is 17.9 Å². The van der Waals surface area contributed by atoms with Gasteiger partial charge in [0.25, 0.3) is 0 Å². The van der Waals surface area contributed by atoms with Crippen LogP contribution in [0.5, 0.6) is 5.75 Å². The Bertz CT molecular complexity index is 678. The molecule has 0 aromatic heterocycles. The number of hydrogen-bond donors (Lipinski definition) is 2. The average Bonchev–Trinajstić information content (AvgIpc) is 3.03. The van der Waals surface area contributed by atoms with Gasteiger partial charge >= 0.3 is 6.36 Å². The molecule has 1 aromatic carbocycles. The molecule has 1 aromatic rings. The van der Waals surface area contributed by atoms with Gasteiger partial charge in [0.05, 0.1) is 5.70 Å². The zero-order valence-electron chi connectivity index (χ0n) is 14.2. The molecular formula is C17H22F3N3OS. The van der Waals surface area contributed by atoms with E-state index in [4.69, 9.17) is 5.73 Å². The van der Waals surface area contributed by atoms with Crippen LogP contribution in [-0.2, 0) is 0 Å². The molecule has 0 aliphatic carbocycles. The molecule has 0 amide bonds. The third-order valence-electron chi connectivity index (χ3n) is 4.45. The molecule has 25 heavy (non-hydrogen) atoms. The largest absolute Gasteiger partial charge is 0.573 e. The van der Waals surface area contributed by atoms with Gasteiger partial charge in [0.15, 0.2) is 0 Å². The smallest absolute Gasteiger partial charge is 0.406 e. The van der Waals surface area contributed by atoms with E-state index in [0.29, 0.717) is 17.2 Å². The fourth-order valence-corrected chi connectivity index (χ4v) is 4.34. The lowest BCUT2D eigenvalue weighted by Gasteiger charge is -2.21. The maximum atomic E-state index is 12.6. The fourth-order valence-electron chi connectivity index (χ4n) is 3.32. The van der Waals surface area contributed by atoms with E-state index in [1.807, 2.05) is 6.07 Å². The topological polar surface area (TPSA) is 50.5 Å². The highest BCUT2D eigenvalue weighted by molar-refractivity contribution is 8.04. The molecule has 3 N–H and O–H groups in total. The second-order valence-electron chi connectivity index (χ2n) is 6.53. The average molecular weight is 373 g/mol. The summed E-state index contributed by atoms with van der Waals surface area (Å²) in [5, 5.41) is 3.18. The van der Waals surface area contributed by atoms with Crippen LogP contribution >= 0.6 is 11.8 Å². The van der Waals surface area contributed by atoms with Gasteiger partial charge in [0.1, 0.15) is 11.2 Å². The Morgan fingerprint density at radius 2 is 2.12 bits per heavy atom. The van der Waals surface area contributed by atoms with E-state index >= 15 is 0 Å². The van der Waals surface area contributed by atoms with E-state index in [0.717, 1.165) is 23.7 Å². The predicted octanol–water partition coefficient (Wildman–Crippen LogP) is 3.63. The van der Waals surface area contributed by atoms with Crippen LogP contribution in [-0.4, -0.2) is 35.9 Å². The summed E-state index contributed by atoms with van der Waals surface area (Å²) in [7, 11) is 0. The van der Waals surface area contributed by atoms with E-state index in [9.17, 15) is 13.2 Å². The molecule has 2 aliphatic heterocycles. The number of aryl methyl sites for hydroxylation is 1. The number of nitrogens with two attached hydrogens (primary N) is 1. The molecule has 2 atom stereocenters. The number of alkyl halides is 3. The van der Waals surface area contributed by atoms with Crippen LogP contribution < -0.4 is 15.8 Å². The highest BCUT2D eigenvalue weighted by Gasteiger charge is 2.32. The molecule has 4 nitrogen and oxygen atoms in total. The van der Waals surface area contributed by atoms with Gasteiger partial charge < -0.3 is 15.8 Å². The Balaban J connectivity index is 1.90. The van der Waals surface area contributed by atoms with Crippen molar-refractivity contribution in [2.24, 2.45) is 5.73 Å². The van der Waals surface area contributed by atoms with E-state index in [-0.39, 0.29) is 11.2 Å². The van der Waals surface area contributed by atoms with Crippen molar-refractivity contribution in [3.05, 3.63) is 34.2 Å². The summed E-state index contributed by atoms with van der Waals surface area (Å²) < 4.78 is 41.8. The molecule has 3 rings (SSSR count). The number of nitrogens with one attached hydrogen (secondary N) is 1. The van der Waals surface area contributed by atoms with Crippen LogP contribution in [0.3, 0.4) is 0 Å². The third-order valence-corrected chi connectivity index (χ3v) is 5.43. The normalized spacial score (nSPS) is 24.7. The molecule has 0 bridgehead atoms. The molecule has 8 heteroatoms. The Kier molecular flexibility index (Phi) is 5.22. The first-order chi connectivity index (χ1) is 11.7. The van der Waals surface area contributed by atoms with Crippen LogP contribution in [0.1, 0.15) is 30.9 Å². The molecule has 138 valence electrons. The minimum atomic E-state index is -4.71. The van der Waals surface area contributed by atoms with Crippen LogP contribution in [0.15, 0.2) is 23.1 Å². The lowest BCUT2D eigenvalue weighted by atomic mass is 10.1. The maximum Gasteiger partial charge on any atom is 0.573 e. The standard InChI is InChI=1S/C17H22F3N3OS/c1-10-6-12(8-13(7-10)24-17(18,19)20)15-14(25-16(21)22-15)9-23-5-3-4-11(23)2/h6-8,11,16,22H,3-5,9,21H2,1-2H3. The van der Waals surface area contributed by atoms with Crippen molar-refractivity contribution in [2.75, 3.05) is 13.1 Å². The molecule has 0 spiro atoms. The second-order valence-corrected chi connectivity index (χ2v) is 7.76. The molecule has 0 saturated carbocycles. The molecule has 0 radical (unpaired) electrons. The summed E-state index contributed by atoms with van der Waals surface area (Å²) in [6.07, 6.45) is -2.37. The lowest BCUT2D eigenvalue weighted by molar-refractivity contribution is -0.274. The molecular weight excluding hydrogens is 351 g/mol. The van der Waals surface area contributed by atoms with Gasteiger partial charge in [-0.1, -0.05) is 11.8 Å². The van der Waals surface area contributed by atoms with Gasteiger partial charge in [0.2, 0.25) is 0 Å². The summed E-state index contributed by atoms with van der Waals surface area (Å²) in [6, 6.07) is 5.14. The Labute approximate surface area is 149 Å². The molecule has 2 aliphatic rings. The van der Waals surface area contributed by atoms with Gasteiger partial charge in [-0.3, -0.25) is 4.90 Å². The van der Waals surface area contributed by atoms with Crippen molar-refractivity contribution in [3.63, 3.8) is 0 Å². The highest BCUT2D eigenvalue weighted by atomic mass is 32.2. The van der Waals surface area contributed by atoms with Gasteiger partial charge in [-0.25, -0.2) is 0 Å². The van der Waals surface area contributed by atoms with E-state index in [1.165, 1.54) is 36.7 Å². The van der Waals surface area contributed by atoms with Crippen LogP contribution in [0, 0.1) is 6.92 Å². The zero-order chi connectivity index (χ0) is 18.2. The molecule has 1 fully saturated rings. The first-order valence-corrected chi connectivity index (χ1v) is 9.13. The Morgan fingerprint density at radius 1 is 1.36 bits per heavy atom. The number of rotatable bonds is 4. The number of halogens is 3. The number of benzene rings is 1. The van der Waals surface area contributed by atoms with Crippen molar-refractivity contribution in [1.29, 1.82) is 0 Å². The van der Waals surface area contributed by atoms with Gasteiger partial charge in [-0.2, -0.15) is 0 Å². The van der Waals surface area contributed by atoms with Gasteiger partial charge in [0, 0.05) is 23.1 Å². The predicted molar refractivity (Wildman–Crippen MR) is 93.8 cm³/mol. The summed E-state index contributed by atoms with van der Waals surface area (Å²) in [6.45, 7) is 5.73. The van der Waals surface area contributed by atoms with Crippen LogP contribution in [0.4, 0.5) is 13.2 Å². The van der Waals surface area contributed by atoms with E-state index in [2.05, 4.69) is 21.9 Å². The summed E-state index contributed by atoms with van der Waals surface area (Å²) in [5.41, 5.74) is 7.89. The van der Waals surface area contributed by atoms with Crippen LogP contribution in [0.25, 0.3) is 5.70 Å². The van der Waals surface area contributed by atoms with Crippen molar-refractivity contribution in [3.8, 4) is 5.75 Å². The fraction of sp³-hybridized carbons (Fsp3) is 0.529. The number of likely N-dealkylation sites (tertiary alicyclic amines) is 1. The van der Waals surface area contributed by atoms with Crippen molar-refractivity contribution in [2.45, 2.75) is 44.6 Å². The molecule has 2 heterocycles. The Morgan fingerprint density at radius 3 is 2.76 bits per heavy atom. The van der Waals surface area contributed by atoms with Crippen molar-refractivity contribution >= 4 is 17.5 Å². The second kappa shape index (κ2) is 7.09. The lowest BCUT2D eigenvalue weighted by Crippen LogP contribution is -2.28. The summed E-state index contributed by atoms with van der Waals surface area (Å²) in [4.78, 5) is 3.44. The first kappa shape index (κ1) is 18.4. The minimum absolute atomic E-state index is 0.212. The molecule has 2 unspecified atom stereocenters. The van der Waals surface area contributed by atoms with E-state index < -0.39 is 6.36 Å². The van der Waals surface area contributed by atoms with Gasteiger partial charge in [-0.15, -0.1) is 13.2 Å². The van der Waals surface area contributed by atoms with Crippen LogP contribution in [0.2, 0.25) is 0 Å². The highest BCUT2D eigenvalue weighted by Crippen LogP contribution is 2.37. The van der Waals surface area contributed by atoms with Gasteiger partial charge in [-0.05, 0) is 57.0 Å². The minimum Gasteiger partial charge on any atom is -0.406 e. The molecule has 1 saturated heterocycles.